The molecule has 0 aromatic heterocycles. The van der Waals surface area contributed by atoms with Gasteiger partial charge in [0.05, 0.1) is 24.8 Å². The molecule has 1 N–H and O–H groups in total. The van der Waals surface area contributed by atoms with Gasteiger partial charge in [0.15, 0.2) is 0 Å². The Labute approximate surface area is 224 Å². The van der Waals surface area contributed by atoms with Crippen LogP contribution >= 0.6 is 0 Å². The van der Waals surface area contributed by atoms with Gasteiger partial charge in [-0.2, -0.15) is 0 Å². The van der Waals surface area contributed by atoms with Gasteiger partial charge in [0, 0.05) is 12.1 Å². The Balaban J connectivity index is 1.72. The summed E-state index contributed by atoms with van der Waals surface area (Å²) in [4.78, 5) is 28.2. The van der Waals surface area contributed by atoms with Crippen LogP contribution in [0.2, 0.25) is 0 Å². The van der Waals surface area contributed by atoms with Crippen molar-refractivity contribution in [3.63, 3.8) is 0 Å². The maximum atomic E-state index is 13.4. The standard InChI is InChI=1S/C32H35NO5/c1-3-5-21-38-27-13-9-12-25(22-27)29-28(30(34)24-14-16-26(17-15-24)37-20-4-2)31(35)32(36)33(29)19-18-23-10-7-6-8-11-23/h6-17,22,29,34H,3-5,18-21H2,1-2H3. The van der Waals surface area contributed by atoms with Crippen molar-refractivity contribution in [1.82, 2.24) is 4.90 Å². The molecule has 38 heavy (non-hydrogen) atoms. The van der Waals surface area contributed by atoms with Gasteiger partial charge in [-0.3, -0.25) is 9.59 Å². The van der Waals surface area contributed by atoms with Gasteiger partial charge in [-0.1, -0.05) is 62.7 Å². The number of hydrogen-bond acceptors (Lipinski definition) is 5. The molecule has 3 aromatic carbocycles. The number of nitrogens with zero attached hydrogens (tertiary/aromatic N) is 1. The zero-order chi connectivity index (χ0) is 26.9. The molecule has 1 aliphatic heterocycles. The first-order valence-electron chi connectivity index (χ1n) is 13.3. The lowest BCUT2D eigenvalue weighted by atomic mass is 9.95. The molecule has 6 heteroatoms. The lowest BCUT2D eigenvalue weighted by Gasteiger charge is -2.26. The number of aliphatic hydroxyl groups is 1. The Morgan fingerprint density at radius 2 is 1.58 bits per heavy atom. The molecule has 0 bridgehead atoms. The summed E-state index contributed by atoms with van der Waals surface area (Å²) < 4.78 is 11.6. The molecule has 1 heterocycles. The molecule has 1 fully saturated rings. The fourth-order valence-corrected chi connectivity index (χ4v) is 4.54. The summed E-state index contributed by atoms with van der Waals surface area (Å²) in [6.07, 6.45) is 3.41. The number of ketones is 1. The molecule has 1 unspecified atom stereocenters. The Morgan fingerprint density at radius 3 is 2.29 bits per heavy atom. The molecule has 1 amide bonds. The van der Waals surface area contributed by atoms with Crippen LogP contribution in [-0.2, 0) is 16.0 Å². The van der Waals surface area contributed by atoms with Crippen molar-refractivity contribution < 1.29 is 24.2 Å². The summed E-state index contributed by atoms with van der Waals surface area (Å²) >= 11 is 0. The lowest BCUT2D eigenvalue weighted by Crippen LogP contribution is -2.31. The predicted octanol–water partition coefficient (Wildman–Crippen LogP) is 6.32. The predicted molar refractivity (Wildman–Crippen MR) is 148 cm³/mol. The molecule has 0 spiro atoms. The highest BCUT2D eigenvalue weighted by atomic mass is 16.5. The zero-order valence-corrected chi connectivity index (χ0v) is 22.1. The third-order valence-corrected chi connectivity index (χ3v) is 6.57. The van der Waals surface area contributed by atoms with E-state index in [4.69, 9.17) is 9.47 Å². The third-order valence-electron chi connectivity index (χ3n) is 6.57. The Hall–Kier alpha value is -4.06. The molecule has 1 aliphatic rings. The SMILES string of the molecule is CCCCOc1cccc(C2C(=C(O)c3ccc(OCCC)cc3)C(=O)C(=O)N2CCc2ccccc2)c1. The van der Waals surface area contributed by atoms with Gasteiger partial charge in [-0.15, -0.1) is 0 Å². The van der Waals surface area contributed by atoms with Crippen molar-refractivity contribution in [1.29, 1.82) is 0 Å². The topological polar surface area (TPSA) is 76.1 Å². The fraction of sp³-hybridized carbons (Fsp3) is 0.312. The minimum absolute atomic E-state index is 0.0796. The summed E-state index contributed by atoms with van der Waals surface area (Å²) in [5.74, 6) is -0.158. The Kier molecular flexibility index (Phi) is 9.20. The van der Waals surface area contributed by atoms with Crippen LogP contribution in [0, 0.1) is 0 Å². The summed E-state index contributed by atoms with van der Waals surface area (Å²) in [7, 11) is 0. The van der Waals surface area contributed by atoms with Crippen molar-refractivity contribution in [2.75, 3.05) is 19.8 Å². The van der Waals surface area contributed by atoms with Crippen LogP contribution in [0.4, 0.5) is 0 Å². The highest BCUT2D eigenvalue weighted by molar-refractivity contribution is 6.46. The van der Waals surface area contributed by atoms with E-state index in [2.05, 4.69) is 6.92 Å². The monoisotopic (exact) mass is 513 g/mol. The van der Waals surface area contributed by atoms with Crippen LogP contribution in [0.5, 0.6) is 11.5 Å². The number of hydrogen-bond donors (Lipinski definition) is 1. The smallest absolute Gasteiger partial charge is 0.295 e. The highest BCUT2D eigenvalue weighted by Gasteiger charge is 2.46. The summed E-state index contributed by atoms with van der Waals surface area (Å²) in [5.41, 5.74) is 2.31. The van der Waals surface area contributed by atoms with Crippen LogP contribution in [0.3, 0.4) is 0 Å². The average molecular weight is 514 g/mol. The number of carbonyl (C=O) groups excluding carboxylic acids is 2. The second-order valence-electron chi connectivity index (χ2n) is 9.38. The molecule has 0 radical (unpaired) electrons. The second-order valence-corrected chi connectivity index (χ2v) is 9.38. The number of aliphatic hydroxyl groups excluding tert-OH is 1. The van der Waals surface area contributed by atoms with Crippen LogP contribution in [0.25, 0.3) is 5.76 Å². The molecular weight excluding hydrogens is 478 g/mol. The normalized spacial score (nSPS) is 16.6. The first-order valence-corrected chi connectivity index (χ1v) is 13.3. The van der Waals surface area contributed by atoms with Crippen molar-refractivity contribution in [3.05, 3.63) is 101 Å². The molecule has 6 nitrogen and oxygen atoms in total. The van der Waals surface area contributed by atoms with Gasteiger partial charge < -0.3 is 19.5 Å². The Morgan fingerprint density at radius 1 is 0.842 bits per heavy atom. The van der Waals surface area contributed by atoms with E-state index in [0.29, 0.717) is 43.2 Å². The van der Waals surface area contributed by atoms with Crippen LogP contribution < -0.4 is 9.47 Å². The van der Waals surface area contributed by atoms with Crippen molar-refractivity contribution in [2.24, 2.45) is 0 Å². The number of amides is 1. The van der Waals surface area contributed by atoms with Gasteiger partial charge in [0.25, 0.3) is 11.7 Å². The minimum atomic E-state index is -0.732. The average Bonchev–Trinajstić information content (AvgIpc) is 3.21. The summed E-state index contributed by atoms with van der Waals surface area (Å²) in [6.45, 7) is 5.64. The number of unbranched alkanes of at least 4 members (excludes halogenated alkanes) is 1. The van der Waals surface area contributed by atoms with E-state index >= 15 is 0 Å². The number of ether oxygens (including phenoxy) is 2. The molecule has 3 aromatic rings. The van der Waals surface area contributed by atoms with Crippen molar-refractivity contribution in [2.45, 2.75) is 45.6 Å². The first kappa shape index (κ1) is 27.0. The van der Waals surface area contributed by atoms with Crippen LogP contribution in [0.15, 0.2) is 84.4 Å². The van der Waals surface area contributed by atoms with Crippen LogP contribution in [0.1, 0.15) is 55.8 Å². The van der Waals surface area contributed by atoms with E-state index in [-0.39, 0.29) is 11.3 Å². The number of benzene rings is 3. The number of rotatable bonds is 12. The maximum absolute atomic E-state index is 13.4. The minimum Gasteiger partial charge on any atom is -0.507 e. The van der Waals surface area contributed by atoms with E-state index in [9.17, 15) is 14.7 Å². The van der Waals surface area contributed by atoms with E-state index in [1.165, 1.54) is 0 Å². The molecule has 1 atom stereocenters. The largest absolute Gasteiger partial charge is 0.507 e. The first-order chi connectivity index (χ1) is 18.5. The molecule has 0 saturated carbocycles. The summed E-state index contributed by atoms with van der Waals surface area (Å²) in [6, 6.07) is 23.5. The van der Waals surface area contributed by atoms with E-state index < -0.39 is 17.7 Å². The molecular formula is C32H35NO5. The molecule has 198 valence electrons. The van der Waals surface area contributed by atoms with Gasteiger partial charge in [0.1, 0.15) is 17.3 Å². The third kappa shape index (κ3) is 6.25. The van der Waals surface area contributed by atoms with Crippen molar-refractivity contribution >= 4 is 17.4 Å². The Bertz CT molecular complexity index is 1270. The molecule has 0 aliphatic carbocycles. The van der Waals surface area contributed by atoms with Gasteiger partial charge >= 0.3 is 0 Å². The van der Waals surface area contributed by atoms with E-state index in [1.54, 1.807) is 29.2 Å². The number of Topliss-reactive ketones (excluding diaryl/α,β-unsaturated/α-hetero) is 1. The summed E-state index contributed by atoms with van der Waals surface area (Å²) in [5, 5.41) is 11.4. The van der Waals surface area contributed by atoms with Gasteiger partial charge in [-0.05, 0) is 66.8 Å². The van der Waals surface area contributed by atoms with E-state index in [1.807, 2.05) is 61.5 Å². The number of carbonyl (C=O) groups is 2. The molecule has 1 saturated heterocycles. The second kappa shape index (κ2) is 13.0. The maximum Gasteiger partial charge on any atom is 0.295 e. The highest BCUT2D eigenvalue weighted by Crippen LogP contribution is 2.40. The quantitative estimate of drug-likeness (QED) is 0.133. The van der Waals surface area contributed by atoms with Crippen LogP contribution in [-0.4, -0.2) is 41.5 Å². The van der Waals surface area contributed by atoms with Gasteiger partial charge in [-0.25, -0.2) is 0 Å². The number of likely N-dealkylation sites (tertiary alicyclic amines) is 1. The fourth-order valence-electron chi connectivity index (χ4n) is 4.54. The lowest BCUT2D eigenvalue weighted by molar-refractivity contribution is -0.139. The molecule has 4 rings (SSSR count). The van der Waals surface area contributed by atoms with E-state index in [0.717, 1.165) is 30.4 Å². The van der Waals surface area contributed by atoms with Crippen molar-refractivity contribution in [3.8, 4) is 11.5 Å². The van der Waals surface area contributed by atoms with Gasteiger partial charge in [0.2, 0.25) is 0 Å². The zero-order valence-electron chi connectivity index (χ0n) is 22.1.